The number of piperidine rings is 1. The molecule has 116 valence electrons. The third-order valence-electron chi connectivity index (χ3n) is 5.07. The molecule has 0 bridgehead atoms. The minimum Gasteiger partial charge on any atom is -0.340 e. The first-order valence-corrected chi connectivity index (χ1v) is 8.28. The quantitative estimate of drug-likeness (QED) is 0.849. The largest absolute Gasteiger partial charge is 0.340 e. The fourth-order valence-corrected chi connectivity index (χ4v) is 3.54. The van der Waals surface area contributed by atoms with Crippen LogP contribution < -0.4 is 5.32 Å². The monoisotopic (exact) mass is 281 g/mol. The van der Waals surface area contributed by atoms with E-state index in [1.807, 2.05) is 0 Å². The van der Waals surface area contributed by atoms with E-state index in [2.05, 4.69) is 35.9 Å². The first kappa shape index (κ1) is 15.8. The second-order valence-electron chi connectivity index (χ2n) is 6.90. The number of carbonyl (C=O) groups is 1. The zero-order chi connectivity index (χ0) is 14.6. The normalized spacial score (nSPS) is 25.8. The minimum atomic E-state index is -0.222. The highest BCUT2D eigenvalue weighted by Gasteiger charge is 2.40. The molecule has 0 aromatic heterocycles. The van der Waals surface area contributed by atoms with Gasteiger partial charge in [-0.25, -0.2) is 0 Å². The SMILES string of the molecule is CCCN1CCN(C(=O)C(C)(C)C2CCCNC2)CC1. The molecule has 4 heteroatoms. The Balaban J connectivity index is 1.90. The van der Waals surface area contributed by atoms with Gasteiger partial charge >= 0.3 is 0 Å². The molecule has 2 aliphatic heterocycles. The predicted molar refractivity (Wildman–Crippen MR) is 82.7 cm³/mol. The van der Waals surface area contributed by atoms with E-state index in [4.69, 9.17) is 0 Å². The van der Waals surface area contributed by atoms with Crippen molar-refractivity contribution in [2.75, 3.05) is 45.8 Å². The van der Waals surface area contributed by atoms with Gasteiger partial charge in [0.25, 0.3) is 0 Å². The van der Waals surface area contributed by atoms with Gasteiger partial charge in [-0.2, -0.15) is 0 Å². The molecule has 2 rings (SSSR count). The Morgan fingerprint density at radius 2 is 1.95 bits per heavy atom. The van der Waals surface area contributed by atoms with Crippen molar-refractivity contribution in [3.05, 3.63) is 0 Å². The van der Waals surface area contributed by atoms with Crippen LogP contribution in [0.5, 0.6) is 0 Å². The van der Waals surface area contributed by atoms with Crippen molar-refractivity contribution in [1.82, 2.24) is 15.1 Å². The van der Waals surface area contributed by atoms with Gasteiger partial charge < -0.3 is 10.2 Å². The molecular weight excluding hydrogens is 250 g/mol. The maximum atomic E-state index is 12.9. The van der Waals surface area contributed by atoms with Gasteiger partial charge in [-0.1, -0.05) is 20.8 Å². The topological polar surface area (TPSA) is 35.6 Å². The Bertz CT molecular complexity index is 316. The summed E-state index contributed by atoms with van der Waals surface area (Å²) < 4.78 is 0. The molecule has 2 fully saturated rings. The molecule has 1 unspecified atom stereocenters. The molecule has 1 atom stereocenters. The van der Waals surface area contributed by atoms with Crippen LogP contribution in [0.15, 0.2) is 0 Å². The lowest BCUT2D eigenvalue weighted by Crippen LogP contribution is -2.54. The van der Waals surface area contributed by atoms with Gasteiger partial charge in [-0.05, 0) is 44.8 Å². The number of rotatable bonds is 4. The number of nitrogens with zero attached hydrogens (tertiary/aromatic N) is 2. The molecule has 0 aromatic carbocycles. The van der Waals surface area contributed by atoms with Crippen LogP contribution >= 0.6 is 0 Å². The summed E-state index contributed by atoms with van der Waals surface area (Å²) in [5.41, 5.74) is -0.222. The van der Waals surface area contributed by atoms with Crippen LogP contribution in [-0.2, 0) is 4.79 Å². The number of hydrogen-bond acceptors (Lipinski definition) is 3. The van der Waals surface area contributed by atoms with Crippen molar-refractivity contribution in [3.63, 3.8) is 0 Å². The molecule has 4 nitrogen and oxygen atoms in total. The number of piperazine rings is 1. The molecule has 2 aliphatic rings. The summed E-state index contributed by atoms with van der Waals surface area (Å²) in [7, 11) is 0. The summed E-state index contributed by atoms with van der Waals surface area (Å²) in [6.07, 6.45) is 3.58. The van der Waals surface area contributed by atoms with E-state index in [9.17, 15) is 4.79 Å². The van der Waals surface area contributed by atoms with E-state index in [-0.39, 0.29) is 5.41 Å². The first-order valence-electron chi connectivity index (χ1n) is 8.28. The van der Waals surface area contributed by atoms with Gasteiger partial charge in [0.05, 0.1) is 0 Å². The Morgan fingerprint density at radius 1 is 1.25 bits per heavy atom. The van der Waals surface area contributed by atoms with Crippen molar-refractivity contribution in [1.29, 1.82) is 0 Å². The highest BCUT2D eigenvalue weighted by atomic mass is 16.2. The lowest BCUT2D eigenvalue weighted by Gasteiger charge is -2.42. The first-order chi connectivity index (χ1) is 9.55. The average Bonchev–Trinajstić information content (AvgIpc) is 2.48. The predicted octanol–water partition coefficient (Wildman–Crippen LogP) is 1.57. The maximum Gasteiger partial charge on any atom is 0.228 e. The van der Waals surface area contributed by atoms with Crippen LogP contribution in [0.3, 0.4) is 0 Å². The maximum absolute atomic E-state index is 12.9. The van der Waals surface area contributed by atoms with Gasteiger partial charge in [0.1, 0.15) is 0 Å². The molecule has 2 heterocycles. The van der Waals surface area contributed by atoms with Crippen molar-refractivity contribution in [3.8, 4) is 0 Å². The summed E-state index contributed by atoms with van der Waals surface area (Å²) in [5, 5.41) is 3.44. The molecule has 0 aliphatic carbocycles. The number of amides is 1. The van der Waals surface area contributed by atoms with Gasteiger partial charge in [0.15, 0.2) is 0 Å². The highest BCUT2D eigenvalue weighted by Crippen LogP contribution is 2.34. The lowest BCUT2D eigenvalue weighted by molar-refractivity contribution is -0.145. The van der Waals surface area contributed by atoms with Gasteiger partial charge in [-0.15, -0.1) is 0 Å². The molecule has 0 radical (unpaired) electrons. The van der Waals surface area contributed by atoms with Crippen LogP contribution in [0.1, 0.15) is 40.0 Å². The van der Waals surface area contributed by atoms with E-state index in [0.29, 0.717) is 11.8 Å². The van der Waals surface area contributed by atoms with Gasteiger partial charge in [-0.3, -0.25) is 9.69 Å². The second kappa shape index (κ2) is 6.90. The Morgan fingerprint density at radius 3 is 2.50 bits per heavy atom. The average molecular weight is 281 g/mol. The molecule has 1 N–H and O–H groups in total. The fourth-order valence-electron chi connectivity index (χ4n) is 3.54. The van der Waals surface area contributed by atoms with Crippen molar-refractivity contribution in [2.45, 2.75) is 40.0 Å². The van der Waals surface area contributed by atoms with Crippen LogP contribution in [0, 0.1) is 11.3 Å². The molecule has 0 saturated carbocycles. The third-order valence-corrected chi connectivity index (χ3v) is 5.07. The summed E-state index contributed by atoms with van der Waals surface area (Å²) in [6.45, 7) is 13.7. The van der Waals surface area contributed by atoms with E-state index in [1.54, 1.807) is 0 Å². The van der Waals surface area contributed by atoms with Crippen LogP contribution in [0.4, 0.5) is 0 Å². The third kappa shape index (κ3) is 3.53. The molecule has 0 spiro atoms. The zero-order valence-electron chi connectivity index (χ0n) is 13.5. The van der Waals surface area contributed by atoms with Gasteiger partial charge in [0, 0.05) is 31.6 Å². The Kier molecular flexibility index (Phi) is 5.44. The molecule has 0 aromatic rings. The molecule has 1 amide bonds. The van der Waals surface area contributed by atoms with E-state index >= 15 is 0 Å². The molecular formula is C16H31N3O. The van der Waals surface area contributed by atoms with Crippen molar-refractivity contribution >= 4 is 5.91 Å². The number of nitrogens with one attached hydrogen (secondary N) is 1. The standard InChI is InChI=1S/C16H31N3O/c1-4-8-18-9-11-19(12-10-18)15(20)16(2,3)14-6-5-7-17-13-14/h14,17H,4-13H2,1-3H3. The van der Waals surface area contributed by atoms with Gasteiger partial charge in [0.2, 0.25) is 5.91 Å². The van der Waals surface area contributed by atoms with Crippen LogP contribution in [-0.4, -0.2) is 61.5 Å². The van der Waals surface area contributed by atoms with Crippen molar-refractivity contribution in [2.24, 2.45) is 11.3 Å². The van der Waals surface area contributed by atoms with E-state index < -0.39 is 0 Å². The van der Waals surface area contributed by atoms with E-state index in [0.717, 1.165) is 45.8 Å². The highest BCUT2D eigenvalue weighted by molar-refractivity contribution is 5.82. The number of carbonyl (C=O) groups excluding carboxylic acids is 1. The molecule has 2 saturated heterocycles. The Hall–Kier alpha value is -0.610. The zero-order valence-corrected chi connectivity index (χ0v) is 13.5. The fraction of sp³-hybridized carbons (Fsp3) is 0.938. The summed E-state index contributed by atoms with van der Waals surface area (Å²) in [5.74, 6) is 0.847. The second-order valence-corrected chi connectivity index (χ2v) is 6.90. The van der Waals surface area contributed by atoms with Crippen LogP contribution in [0.2, 0.25) is 0 Å². The minimum absolute atomic E-state index is 0.222. The summed E-state index contributed by atoms with van der Waals surface area (Å²) in [4.78, 5) is 17.4. The number of hydrogen-bond donors (Lipinski definition) is 1. The summed E-state index contributed by atoms with van der Waals surface area (Å²) in [6, 6.07) is 0. The summed E-state index contributed by atoms with van der Waals surface area (Å²) >= 11 is 0. The van der Waals surface area contributed by atoms with Crippen molar-refractivity contribution < 1.29 is 4.79 Å². The Labute approximate surface area is 123 Å². The smallest absolute Gasteiger partial charge is 0.228 e. The van der Waals surface area contributed by atoms with Crippen LogP contribution in [0.25, 0.3) is 0 Å². The molecule has 20 heavy (non-hydrogen) atoms. The van der Waals surface area contributed by atoms with E-state index in [1.165, 1.54) is 19.3 Å². The lowest BCUT2D eigenvalue weighted by atomic mass is 9.74.